The van der Waals surface area contributed by atoms with Crippen molar-refractivity contribution in [3.63, 3.8) is 0 Å². The molecule has 2 heterocycles. The highest BCUT2D eigenvalue weighted by Crippen LogP contribution is 2.24. The first-order chi connectivity index (χ1) is 5.75. The molecule has 1 aliphatic heterocycles. The number of pyridine rings is 1. The molecule has 0 aromatic carbocycles. The van der Waals surface area contributed by atoms with Crippen LogP contribution in [0.3, 0.4) is 0 Å². The Morgan fingerprint density at radius 2 is 2.33 bits per heavy atom. The summed E-state index contributed by atoms with van der Waals surface area (Å²) in [6.45, 7) is 3.08. The fourth-order valence-electron chi connectivity index (χ4n) is 1.43. The van der Waals surface area contributed by atoms with E-state index >= 15 is 0 Å². The topological polar surface area (TPSA) is 24.9 Å². The minimum absolute atomic E-state index is 0.504. The van der Waals surface area contributed by atoms with Gasteiger partial charge in [0, 0.05) is 11.7 Å². The highest BCUT2D eigenvalue weighted by Gasteiger charge is 2.18. The van der Waals surface area contributed by atoms with Crippen LogP contribution in [0.15, 0.2) is 12.1 Å². The van der Waals surface area contributed by atoms with Crippen LogP contribution in [-0.2, 0) is 0 Å². The van der Waals surface area contributed by atoms with E-state index in [9.17, 15) is 0 Å². The fraction of sp³-hybridized carbons (Fsp3) is 0.444. The van der Waals surface area contributed by atoms with E-state index in [0.717, 1.165) is 12.2 Å². The van der Waals surface area contributed by atoms with Crippen LogP contribution in [0, 0.1) is 6.92 Å². The highest BCUT2D eigenvalue weighted by atomic mass is 35.5. The van der Waals surface area contributed by atoms with E-state index in [4.69, 9.17) is 11.6 Å². The van der Waals surface area contributed by atoms with Gasteiger partial charge in [0.25, 0.3) is 0 Å². The Labute approximate surface area is 77.0 Å². The van der Waals surface area contributed by atoms with Gasteiger partial charge in [-0.3, -0.25) is 0 Å². The van der Waals surface area contributed by atoms with E-state index in [0.29, 0.717) is 11.2 Å². The summed E-state index contributed by atoms with van der Waals surface area (Å²) in [5.41, 5.74) is 2.25. The van der Waals surface area contributed by atoms with Crippen molar-refractivity contribution in [2.24, 2.45) is 0 Å². The molecule has 1 saturated heterocycles. The lowest BCUT2D eigenvalue weighted by Gasteiger charge is -2.28. The van der Waals surface area contributed by atoms with Crippen molar-refractivity contribution in [2.45, 2.75) is 19.4 Å². The molecule has 1 atom stereocenters. The van der Waals surface area contributed by atoms with Crippen LogP contribution in [-0.4, -0.2) is 11.5 Å². The largest absolute Gasteiger partial charge is 0.310 e. The van der Waals surface area contributed by atoms with Gasteiger partial charge in [0.05, 0.1) is 0 Å². The van der Waals surface area contributed by atoms with E-state index in [1.165, 1.54) is 12.0 Å². The number of aromatic nitrogens is 1. The molecule has 0 unspecified atom stereocenters. The molecule has 1 aromatic rings. The number of nitrogens with zero attached hydrogens (tertiary/aromatic N) is 1. The van der Waals surface area contributed by atoms with Gasteiger partial charge in [0.1, 0.15) is 5.15 Å². The zero-order valence-corrected chi connectivity index (χ0v) is 7.73. The lowest BCUT2D eigenvalue weighted by molar-refractivity contribution is 0.383. The van der Waals surface area contributed by atoms with Crippen LogP contribution in [0.2, 0.25) is 5.15 Å². The van der Waals surface area contributed by atoms with E-state index in [-0.39, 0.29) is 0 Å². The lowest BCUT2D eigenvalue weighted by Crippen LogP contribution is -2.34. The van der Waals surface area contributed by atoms with Gasteiger partial charge in [-0.1, -0.05) is 11.6 Å². The van der Waals surface area contributed by atoms with Crippen LogP contribution in [0.5, 0.6) is 0 Å². The summed E-state index contributed by atoms with van der Waals surface area (Å²) < 4.78 is 0. The van der Waals surface area contributed by atoms with E-state index in [1.54, 1.807) is 0 Å². The van der Waals surface area contributed by atoms with Crippen molar-refractivity contribution < 1.29 is 0 Å². The molecular formula is C9H11ClN2. The maximum absolute atomic E-state index is 5.84. The standard InChI is InChI=1S/C9H11ClN2/c1-6-4-7(5-9(10)12-6)8-2-3-11-8/h4-5,8,11H,2-3H2,1H3/t8-/m0/s1. The Hall–Kier alpha value is -0.600. The van der Waals surface area contributed by atoms with Crippen LogP contribution < -0.4 is 5.32 Å². The lowest BCUT2D eigenvalue weighted by atomic mass is 9.98. The second-order valence-electron chi connectivity index (χ2n) is 3.16. The second kappa shape index (κ2) is 3.04. The van der Waals surface area contributed by atoms with E-state index in [2.05, 4.69) is 16.4 Å². The quantitative estimate of drug-likeness (QED) is 0.673. The summed E-state index contributed by atoms with van der Waals surface area (Å²) in [7, 11) is 0. The molecule has 2 rings (SSSR count). The zero-order chi connectivity index (χ0) is 8.55. The average molecular weight is 183 g/mol. The zero-order valence-electron chi connectivity index (χ0n) is 6.97. The van der Waals surface area contributed by atoms with Crippen LogP contribution >= 0.6 is 11.6 Å². The van der Waals surface area contributed by atoms with Crippen molar-refractivity contribution >= 4 is 11.6 Å². The summed E-state index contributed by atoms with van der Waals surface area (Å²) in [6.07, 6.45) is 1.21. The summed E-state index contributed by atoms with van der Waals surface area (Å²) >= 11 is 5.84. The predicted molar refractivity (Wildman–Crippen MR) is 49.3 cm³/mol. The molecule has 0 bridgehead atoms. The number of hydrogen-bond acceptors (Lipinski definition) is 2. The molecule has 1 aromatic heterocycles. The van der Waals surface area contributed by atoms with E-state index in [1.807, 2.05) is 13.0 Å². The van der Waals surface area contributed by atoms with Gasteiger partial charge < -0.3 is 5.32 Å². The number of nitrogens with one attached hydrogen (secondary N) is 1. The first kappa shape index (κ1) is 8.02. The number of aryl methyl sites for hydroxylation is 1. The number of halogens is 1. The third-order valence-electron chi connectivity index (χ3n) is 2.17. The van der Waals surface area contributed by atoms with Gasteiger partial charge in [-0.25, -0.2) is 4.98 Å². The molecule has 0 amide bonds. The molecule has 0 radical (unpaired) electrons. The third kappa shape index (κ3) is 1.45. The third-order valence-corrected chi connectivity index (χ3v) is 2.36. The summed E-state index contributed by atoms with van der Waals surface area (Å²) in [6, 6.07) is 4.53. The van der Waals surface area contributed by atoms with Crippen molar-refractivity contribution in [1.82, 2.24) is 10.3 Å². The van der Waals surface area contributed by atoms with Gasteiger partial charge in [-0.2, -0.15) is 0 Å². The molecule has 1 N–H and O–H groups in total. The highest BCUT2D eigenvalue weighted by molar-refractivity contribution is 6.29. The molecule has 64 valence electrons. The van der Waals surface area contributed by atoms with E-state index < -0.39 is 0 Å². The van der Waals surface area contributed by atoms with Gasteiger partial charge in [-0.15, -0.1) is 0 Å². The average Bonchev–Trinajstić information content (AvgIpc) is 1.79. The van der Waals surface area contributed by atoms with Crippen molar-refractivity contribution in [1.29, 1.82) is 0 Å². The SMILES string of the molecule is Cc1cc([C@@H]2CCN2)cc(Cl)n1. The molecule has 12 heavy (non-hydrogen) atoms. The van der Waals surface area contributed by atoms with Crippen molar-refractivity contribution in [3.8, 4) is 0 Å². The maximum atomic E-state index is 5.84. The Morgan fingerprint density at radius 3 is 2.83 bits per heavy atom. The van der Waals surface area contributed by atoms with Gasteiger partial charge in [0.15, 0.2) is 0 Å². The smallest absolute Gasteiger partial charge is 0.129 e. The normalized spacial score (nSPS) is 22.0. The fourth-order valence-corrected chi connectivity index (χ4v) is 1.69. The molecule has 0 spiro atoms. The Balaban J connectivity index is 2.30. The van der Waals surface area contributed by atoms with Crippen LogP contribution in [0.4, 0.5) is 0 Å². The molecule has 2 nitrogen and oxygen atoms in total. The minimum Gasteiger partial charge on any atom is -0.310 e. The van der Waals surface area contributed by atoms with Gasteiger partial charge in [-0.05, 0) is 37.6 Å². The minimum atomic E-state index is 0.504. The molecule has 1 fully saturated rings. The molecular weight excluding hydrogens is 172 g/mol. The van der Waals surface area contributed by atoms with Crippen molar-refractivity contribution in [2.75, 3.05) is 6.54 Å². The summed E-state index contributed by atoms with van der Waals surface area (Å²) in [5.74, 6) is 0. The van der Waals surface area contributed by atoms with Gasteiger partial charge >= 0.3 is 0 Å². The Kier molecular flexibility index (Phi) is 2.03. The molecule has 0 saturated carbocycles. The molecule has 3 heteroatoms. The van der Waals surface area contributed by atoms with Crippen molar-refractivity contribution in [3.05, 3.63) is 28.5 Å². The second-order valence-corrected chi connectivity index (χ2v) is 3.55. The number of hydrogen-bond donors (Lipinski definition) is 1. The van der Waals surface area contributed by atoms with Crippen LogP contribution in [0.25, 0.3) is 0 Å². The monoisotopic (exact) mass is 182 g/mol. The number of rotatable bonds is 1. The first-order valence-corrected chi connectivity index (χ1v) is 4.51. The van der Waals surface area contributed by atoms with Crippen LogP contribution in [0.1, 0.15) is 23.7 Å². The van der Waals surface area contributed by atoms with Gasteiger partial charge in [0.2, 0.25) is 0 Å². The summed E-state index contributed by atoms with van der Waals surface area (Å²) in [5, 5.41) is 3.93. The Bertz CT molecular complexity index is 274. The first-order valence-electron chi connectivity index (χ1n) is 4.13. The maximum Gasteiger partial charge on any atom is 0.129 e. The predicted octanol–water partition coefficient (Wildman–Crippen LogP) is 2.08. The summed E-state index contributed by atoms with van der Waals surface area (Å²) in [4.78, 5) is 4.11. The Morgan fingerprint density at radius 1 is 1.58 bits per heavy atom. The molecule has 0 aliphatic carbocycles. The molecule has 1 aliphatic rings.